The number of ether oxygens (including phenoxy) is 2. The number of nitrogens with zero attached hydrogens (tertiary/aromatic N) is 2. The van der Waals surface area contributed by atoms with Gasteiger partial charge < -0.3 is 14.0 Å². The zero-order valence-electron chi connectivity index (χ0n) is 11.9. The highest BCUT2D eigenvalue weighted by Crippen LogP contribution is 2.33. The van der Waals surface area contributed by atoms with Gasteiger partial charge in [-0.3, -0.25) is 5.41 Å². The molecule has 1 N–H and O–H groups in total. The number of rotatable bonds is 2. The lowest BCUT2D eigenvalue weighted by molar-refractivity contribution is 0.357. The van der Waals surface area contributed by atoms with E-state index in [1.807, 2.05) is 16.7 Å². The van der Waals surface area contributed by atoms with Crippen molar-refractivity contribution in [1.82, 2.24) is 9.55 Å². The van der Waals surface area contributed by atoms with Gasteiger partial charge in [0.1, 0.15) is 16.8 Å². The Morgan fingerprint density at radius 3 is 2.75 bits per heavy atom. The maximum Gasteiger partial charge on any atom is 0.187 e. The Bertz CT molecular complexity index is 706. The fourth-order valence-electron chi connectivity index (χ4n) is 2.84. The summed E-state index contributed by atoms with van der Waals surface area (Å²) < 4.78 is 12.8. The lowest BCUT2D eigenvalue weighted by Crippen LogP contribution is -2.24. The second kappa shape index (κ2) is 5.15. The van der Waals surface area contributed by atoms with E-state index >= 15 is 0 Å². The van der Waals surface area contributed by atoms with Crippen LogP contribution in [0.15, 0.2) is 12.1 Å². The van der Waals surface area contributed by atoms with Crippen molar-refractivity contribution in [2.75, 3.05) is 14.2 Å². The minimum absolute atomic E-state index is 0.521. The molecule has 2 heterocycles. The van der Waals surface area contributed by atoms with Crippen molar-refractivity contribution < 1.29 is 9.47 Å². The predicted molar refractivity (Wildman–Crippen MR) is 76.2 cm³/mol. The number of benzene rings is 1. The SMILES string of the molecule is COc1ccc2c(=N)n3c(nc2c1OC)CCCCC3. The molecule has 0 bridgehead atoms. The molecule has 1 aromatic carbocycles. The Morgan fingerprint density at radius 1 is 1.15 bits per heavy atom. The number of hydrogen-bond donors (Lipinski definition) is 1. The lowest BCUT2D eigenvalue weighted by Gasteiger charge is -2.15. The average molecular weight is 273 g/mol. The van der Waals surface area contributed by atoms with E-state index in [4.69, 9.17) is 19.9 Å². The van der Waals surface area contributed by atoms with E-state index < -0.39 is 0 Å². The minimum Gasteiger partial charge on any atom is -0.493 e. The molecule has 0 saturated carbocycles. The average Bonchev–Trinajstić information content (AvgIpc) is 2.71. The Kier molecular flexibility index (Phi) is 3.34. The maximum absolute atomic E-state index is 8.44. The molecule has 0 unspecified atom stereocenters. The smallest absolute Gasteiger partial charge is 0.187 e. The summed E-state index contributed by atoms with van der Waals surface area (Å²) in [6, 6.07) is 3.73. The Labute approximate surface area is 117 Å². The number of fused-ring (bicyclic) bond motifs is 2. The summed E-state index contributed by atoms with van der Waals surface area (Å²) >= 11 is 0. The van der Waals surface area contributed by atoms with Crippen molar-refractivity contribution in [1.29, 1.82) is 5.41 Å². The van der Waals surface area contributed by atoms with Gasteiger partial charge in [-0.2, -0.15) is 0 Å². The molecule has 0 amide bonds. The minimum atomic E-state index is 0.521. The number of hydrogen-bond acceptors (Lipinski definition) is 4. The topological polar surface area (TPSA) is 60.1 Å². The molecule has 20 heavy (non-hydrogen) atoms. The summed E-state index contributed by atoms with van der Waals surface area (Å²) in [5.74, 6) is 2.25. The zero-order valence-corrected chi connectivity index (χ0v) is 11.9. The molecular weight excluding hydrogens is 254 g/mol. The number of aryl methyl sites for hydroxylation is 1. The monoisotopic (exact) mass is 273 g/mol. The molecule has 1 aromatic heterocycles. The lowest BCUT2D eigenvalue weighted by atomic mass is 10.2. The molecule has 1 aliphatic rings. The Balaban J connectivity index is 2.35. The third kappa shape index (κ3) is 1.94. The van der Waals surface area contributed by atoms with Gasteiger partial charge in [0.05, 0.1) is 14.2 Å². The van der Waals surface area contributed by atoms with E-state index in [1.54, 1.807) is 14.2 Å². The summed E-state index contributed by atoms with van der Waals surface area (Å²) in [5, 5.41) is 9.25. The van der Waals surface area contributed by atoms with Crippen LogP contribution in [0.4, 0.5) is 0 Å². The summed E-state index contributed by atoms with van der Waals surface area (Å²) in [7, 11) is 3.23. The molecule has 0 saturated heterocycles. The first-order valence-electron chi connectivity index (χ1n) is 6.95. The fourth-order valence-corrected chi connectivity index (χ4v) is 2.84. The van der Waals surface area contributed by atoms with Gasteiger partial charge in [0.25, 0.3) is 0 Å². The van der Waals surface area contributed by atoms with Crippen molar-refractivity contribution >= 4 is 10.9 Å². The van der Waals surface area contributed by atoms with Crippen molar-refractivity contribution in [3.8, 4) is 11.5 Å². The molecular formula is C15H19N3O2. The second-order valence-electron chi connectivity index (χ2n) is 5.04. The van der Waals surface area contributed by atoms with E-state index in [0.29, 0.717) is 17.0 Å². The molecule has 5 heteroatoms. The van der Waals surface area contributed by atoms with Gasteiger partial charge in [-0.25, -0.2) is 4.98 Å². The van der Waals surface area contributed by atoms with Crippen molar-refractivity contribution in [2.45, 2.75) is 32.2 Å². The maximum atomic E-state index is 8.44. The first kappa shape index (κ1) is 13.0. The quantitative estimate of drug-likeness (QED) is 0.913. The zero-order chi connectivity index (χ0) is 14.1. The van der Waals surface area contributed by atoms with Gasteiger partial charge in [0.2, 0.25) is 0 Å². The van der Waals surface area contributed by atoms with E-state index in [9.17, 15) is 0 Å². The molecule has 0 radical (unpaired) electrons. The molecule has 1 aliphatic heterocycles. The van der Waals surface area contributed by atoms with E-state index in [2.05, 4.69) is 0 Å². The third-order valence-electron chi connectivity index (χ3n) is 3.88. The van der Waals surface area contributed by atoms with Crippen molar-refractivity contribution in [2.24, 2.45) is 0 Å². The predicted octanol–water partition coefficient (Wildman–Crippen LogP) is 2.26. The van der Waals surface area contributed by atoms with E-state index in [1.165, 1.54) is 6.42 Å². The molecule has 3 rings (SSSR count). The highest BCUT2D eigenvalue weighted by molar-refractivity contribution is 5.86. The Morgan fingerprint density at radius 2 is 2.00 bits per heavy atom. The van der Waals surface area contributed by atoms with Crippen LogP contribution >= 0.6 is 0 Å². The Hall–Kier alpha value is -2.04. The van der Waals surface area contributed by atoms with Gasteiger partial charge in [0, 0.05) is 18.4 Å². The molecule has 2 aromatic rings. The number of aromatic nitrogens is 2. The van der Waals surface area contributed by atoms with Crippen LogP contribution in [0.3, 0.4) is 0 Å². The standard InChI is InChI=1S/C15H19N3O2/c1-19-11-8-7-10-13(14(11)20-2)17-12-6-4-3-5-9-18(12)15(10)16/h7-8,16H,3-6,9H2,1-2H3. The van der Waals surface area contributed by atoms with Crippen LogP contribution in [0.1, 0.15) is 25.1 Å². The highest BCUT2D eigenvalue weighted by Gasteiger charge is 2.16. The molecule has 0 spiro atoms. The van der Waals surface area contributed by atoms with Crippen LogP contribution in [0.25, 0.3) is 10.9 Å². The van der Waals surface area contributed by atoms with E-state index in [-0.39, 0.29) is 0 Å². The van der Waals surface area contributed by atoms with Gasteiger partial charge in [0.15, 0.2) is 11.5 Å². The molecule has 5 nitrogen and oxygen atoms in total. The normalized spacial score (nSPS) is 14.7. The van der Waals surface area contributed by atoms with Crippen LogP contribution in [-0.4, -0.2) is 23.8 Å². The fraction of sp³-hybridized carbons (Fsp3) is 0.467. The van der Waals surface area contributed by atoms with Crippen molar-refractivity contribution in [3.05, 3.63) is 23.4 Å². The first-order chi connectivity index (χ1) is 9.76. The summed E-state index contributed by atoms with van der Waals surface area (Å²) in [5.41, 5.74) is 1.25. The molecule has 0 aliphatic carbocycles. The molecule has 0 fully saturated rings. The largest absolute Gasteiger partial charge is 0.493 e. The third-order valence-corrected chi connectivity index (χ3v) is 3.88. The van der Waals surface area contributed by atoms with Gasteiger partial charge in [-0.05, 0) is 25.0 Å². The number of nitrogens with one attached hydrogen (secondary N) is 1. The van der Waals surface area contributed by atoms with Crippen LogP contribution in [0, 0.1) is 5.41 Å². The summed E-state index contributed by atoms with van der Waals surface area (Å²) in [6.07, 6.45) is 4.36. The summed E-state index contributed by atoms with van der Waals surface area (Å²) in [4.78, 5) is 4.75. The second-order valence-corrected chi connectivity index (χ2v) is 5.04. The van der Waals surface area contributed by atoms with Crippen LogP contribution in [0.2, 0.25) is 0 Å². The van der Waals surface area contributed by atoms with Crippen LogP contribution in [0.5, 0.6) is 11.5 Å². The first-order valence-corrected chi connectivity index (χ1v) is 6.95. The molecule has 106 valence electrons. The number of methoxy groups -OCH3 is 2. The van der Waals surface area contributed by atoms with Gasteiger partial charge in [-0.15, -0.1) is 0 Å². The summed E-state index contributed by atoms with van der Waals surface area (Å²) in [6.45, 7) is 0.880. The van der Waals surface area contributed by atoms with Gasteiger partial charge in [-0.1, -0.05) is 6.42 Å². The van der Waals surface area contributed by atoms with Crippen LogP contribution < -0.4 is 15.0 Å². The van der Waals surface area contributed by atoms with E-state index in [0.717, 1.165) is 42.5 Å². The van der Waals surface area contributed by atoms with Crippen molar-refractivity contribution in [3.63, 3.8) is 0 Å². The highest BCUT2D eigenvalue weighted by atomic mass is 16.5. The molecule has 0 atom stereocenters. The van der Waals surface area contributed by atoms with Crippen LogP contribution in [-0.2, 0) is 13.0 Å². The van der Waals surface area contributed by atoms with Gasteiger partial charge >= 0.3 is 0 Å².